The molecule has 5 heteroatoms. The summed E-state index contributed by atoms with van der Waals surface area (Å²) in [6.07, 6.45) is 0. The number of fused-ring (bicyclic) bond motifs is 5. The summed E-state index contributed by atoms with van der Waals surface area (Å²) in [5.74, 6) is 1.97. The van der Waals surface area contributed by atoms with Crippen molar-refractivity contribution in [1.29, 1.82) is 0 Å². The van der Waals surface area contributed by atoms with E-state index in [0.29, 0.717) is 17.5 Å². The maximum atomic E-state index is 5.03. The zero-order valence-electron chi connectivity index (χ0n) is 21.9. The Bertz CT molecular complexity index is 2130. The molecule has 2 aromatic heterocycles. The first-order valence-electron chi connectivity index (χ1n) is 13.5. The van der Waals surface area contributed by atoms with Crippen molar-refractivity contribution in [2.24, 2.45) is 0 Å². The van der Waals surface area contributed by atoms with E-state index in [-0.39, 0.29) is 0 Å². The van der Waals surface area contributed by atoms with Crippen LogP contribution in [0, 0.1) is 0 Å². The van der Waals surface area contributed by atoms with Crippen LogP contribution in [0.4, 0.5) is 0 Å². The van der Waals surface area contributed by atoms with Crippen LogP contribution >= 0.6 is 11.3 Å². The predicted molar refractivity (Wildman–Crippen MR) is 170 cm³/mol. The van der Waals surface area contributed by atoms with Gasteiger partial charge in [-0.05, 0) is 28.3 Å². The van der Waals surface area contributed by atoms with Crippen molar-refractivity contribution >= 4 is 43.1 Å². The molecule has 41 heavy (non-hydrogen) atoms. The molecule has 192 valence electrons. The first-order chi connectivity index (χ1) is 20.3. The molecule has 0 saturated carbocycles. The molecule has 0 spiro atoms. The quantitative estimate of drug-likeness (QED) is 0.208. The van der Waals surface area contributed by atoms with Gasteiger partial charge in [-0.25, -0.2) is 19.9 Å². The van der Waals surface area contributed by atoms with Gasteiger partial charge in [-0.1, -0.05) is 121 Å². The molecule has 0 amide bonds. The lowest BCUT2D eigenvalue weighted by Gasteiger charge is -2.12. The van der Waals surface area contributed by atoms with Gasteiger partial charge >= 0.3 is 0 Å². The number of thiazole rings is 1. The van der Waals surface area contributed by atoms with Crippen molar-refractivity contribution in [3.8, 4) is 44.7 Å². The molecular formula is C36H22N4S. The summed E-state index contributed by atoms with van der Waals surface area (Å²) in [6, 6.07) is 45.6. The lowest BCUT2D eigenvalue weighted by Crippen LogP contribution is -2.00. The molecule has 0 atom stereocenters. The van der Waals surface area contributed by atoms with Crippen molar-refractivity contribution in [2.45, 2.75) is 0 Å². The van der Waals surface area contributed by atoms with Gasteiger partial charge < -0.3 is 0 Å². The normalized spacial score (nSPS) is 11.4. The van der Waals surface area contributed by atoms with Crippen LogP contribution in [0.3, 0.4) is 0 Å². The van der Waals surface area contributed by atoms with Crippen molar-refractivity contribution in [3.05, 3.63) is 133 Å². The van der Waals surface area contributed by atoms with E-state index in [4.69, 9.17) is 19.9 Å². The number of hydrogen-bond acceptors (Lipinski definition) is 5. The van der Waals surface area contributed by atoms with E-state index in [1.807, 2.05) is 66.7 Å². The van der Waals surface area contributed by atoms with Gasteiger partial charge in [-0.15, -0.1) is 11.3 Å². The Labute approximate surface area is 240 Å². The van der Waals surface area contributed by atoms with E-state index < -0.39 is 0 Å². The monoisotopic (exact) mass is 542 g/mol. The van der Waals surface area contributed by atoms with E-state index in [1.165, 1.54) is 10.1 Å². The summed E-state index contributed by atoms with van der Waals surface area (Å²) in [6.45, 7) is 0. The van der Waals surface area contributed by atoms with E-state index >= 15 is 0 Å². The maximum Gasteiger partial charge on any atom is 0.164 e. The first kappa shape index (κ1) is 23.6. The van der Waals surface area contributed by atoms with Crippen LogP contribution < -0.4 is 0 Å². The Hall–Kier alpha value is -5.26. The SMILES string of the molecule is c1ccc(-c2nc(-c3ccccc3)nc(-c3cc4ccc5nc(-c6ccccc6)sc5c4c4ccccc34)n2)cc1. The molecule has 8 aromatic rings. The average molecular weight is 543 g/mol. The van der Waals surface area contributed by atoms with Gasteiger partial charge in [0.1, 0.15) is 5.01 Å². The smallest absolute Gasteiger partial charge is 0.164 e. The standard InChI is InChI=1S/C36H22N4S/c1-4-12-23(13-5-1)33-38-34(24-14-6-2-7-15-24)40-35(39-33)29-22-26-20-21-30-32(31(26)28-19-11-10-18-27(28)29)41-36(37-30)25-16-8-3-9-17-25/h1-22H. The largest absolute Gasteiger partial charge is 0.236 e. The van der Waals surface area contributed by atoms with Crippen LogP contribution in [0.1, 0.15) is 0 Å². The number of nitrogens with zero attached hydrogens (tertiary/aromatic N) is 4. The van der Waals surface area contributed by atoms with Gasteiger partial charge in [0, 0.05) is 27.6 Å². The Morgan fingerprint density at radius 2 is 0.976 bits per heavy atom. The second-order valence-corrected chi connectivity index (χ2v) is 10.9. The van der Waals surface area contributed by atoms with Crippen LogP contribution in [0.25, 0.3) is 76.5 Å². The third-order valence-corrected chi connectivity index (χ3v) is 8.48. The fourth-order valence-electron chi connectivity index (χ4n) is 5.39. The molecular weight excluding hydrogens is 520 g/mol. The highest BCUT2D eigenvalue weighted by Gasteiger charge is 2.18. The Morgan fingerprint density at radius 1 is 0.439 bits per heavy atom. The first-order valence-corrected chi connectivity index (χ1v) is 14.3. The maximum absolute atomic E-state index is 5.03. The van der Waals surface area contributed by atoms with Gasteiger partial charge in [-0.3, -0.25) is 0 Å². The molecule has 0 aliphatic carbocycles. The number of aromatic nitrogens is 4. The third kappa shape index (κ3) is 4.15. The van der Waals surface area contributed by atoms with Gasteiger partial charge in [0.05, 0.1) is 10.2 Å². The molecule has 8 rings (SSSR count). The van der Waals surface area contributed by atoms with E-state index in [2.05, 4.69) is 66.7 Å². The summed E-state index contributed by atoms with van der Waals surface area (Å²) in [7, 11) is 0. The van der Waals surface area contributed by atoms with Crippen molar-refractivity contribution in [1.82, 2.24) is 19.9 Å². The topological polar surface area (TPSA) is 51.6 Å². The minimum Gasteiger partial charge on any atom is -0.236 e. The van der Waals surface area contributed by atoms with Crippen molar-refractivity contribution in [2.75, 3.05) is 0 Å². The molecule has 0 bridgehead atoms. The number of hydrogen-bond donors (Lipinski definition) is 0. The van der Waals surface area contributed by atoms with Gasteiger partial charge in [0.25, 0.3) is 0 Å². The van der Waals surface area contributed by atoms with Gasteiger partial charge in [-0.2, -0.15) is 0 Å². The minimum absolute atomic E-state index is 0.657. The summed E-state index contributed by atoms with van der Waals surface area (Å²) < 4.78 is 1.19. The van der Waals surface area contributed by atoms with Crippen molar-refractivity contribution < 1.29 is 0 Å². The lowest BCUT2D eigenvalue weighted by atomic mass is 9.96. The summed E-state index contributed by atoms with van der Waals surface area (Å²) >= 11 is 1.74. The van der Waals surface area contributed by atoms with E-state index in [1.54, 1.807) is 11.3 Å². The Morgan fingerprint density at radius 3 is 1.61 bits per heavy atom. The molecule has 0 N–H and O–H groups in total. The third-order valence-electron chi connectivity index (χ3n) is 7.34. The van der Waals surface area contributed by atoms with E-state index in [9.17, 15) is 0 Å². The van der Waals surface area contributed by atoms with Gasteiger partial charge in [0.15, 0.2) is 17.5 Å². The zero-order valence-corrected chi connectivity index (χ0v) is 22.7. The van der Waals surface area contributed by atoms with Crippen molar-refractivity contribution in [3.63, 3.8) is 0 Å². The highest BCUT2D eigenvalue weighted by atomic mass is 32.1. The lowest BCUT2D eigenvalue weighted by molar-refractivity contribution is 1.08. The molecule has 0 radical (unpaired) electrons. The molecule has 4 nitrogen and oxygen atoms in total. The fourth-order valence-corrected chi connectivity index (χ4v) is 6.53. The fraction of sp³-hybridized carbons (Fsp3) is 0. The highest BCUT2D eigenvalue weighted by molar-refractivity contribution is 7.22. The van der Waals surface area contributed by atoms with Crippen LogP contribution in [-0.4, -0.2) is 19.9 Å². The molecule has 0 saturated heterocycles. The van der Waals surface area contributed by atoms with E-state index in [0.717, 1.165) is 48.9 Å². The summed E-state index contributed by atoms with van der Waals surface area (Å²) in [4.78, 5) is 19.9. The second kappa shape index (κ2) is 9.73. The molecule has 6 aromatic carbocycles. The molecule has 0 aliphatic rings. The number of rotatable bonds is 4. The molecule has 0 fully saturated rings. The molecule has 0 unspecified atom stereocenters. The zero-order chi connectivity index (χ0) is 27.2. The molecule has 0 aliphatic heterocycles. The van der Waals surface area contributed by atoms with Gasteiger partial charge in [0.2, 0.25) is 0 Å². The molecule has 2 heterocycles. The Kier molecular flexibility index (Phi) is 5.61. The minimum atomic E-state index is 0.657. The highest BCUT2D eigenvalue weighted by Crippen LogP contribution is 2.41. The van der Waals surface area contributed by atoms with Crippen LogP contribution in [0.5, 0.6) is 0 Å². The Balaban J connectivity index is 1.40. The van der Waals surface area contributed by atoms with Crippen LogP contribution in [0.2, 0.25) is 0 Å². The second-order valence-electron chi connectivity index (χ2n) is 9.90. The van der Waals surface area contributed by atoms with Crippen LogP contribution in [-0.2, 0) is 0 Å². The van der Waals surface area contributed by atoms with Crippen LogP contribution in [0.15, 0.2) is 133 Å². The predicted octanol–water partition coefficient (Wildman–Crippen LogP) is 9.46. The summed E-state index contributed by atoms with van der Waals surface area (Å²) in [5.41, 5.74) is 5.04. The number of benzene rings is 6. The average Bonchev–Trinajstić information content (AvgIpc) is 3.50. The summed E-state index contributed by atoms with van der Waals surface area (Å²) in [5, 5.41) is 5.64.